The van der Waals surface area contributed by atoms with Gasteiger partial charge in [-0.15, -0.1) is 0 Å². The van der Waals surface area contributed by atoms with E-state index in [0.29, 0.717) is 13.2 Å². The molecule has 1 unspecified atom stereocenters. The van der Waals surface area contributed by atoms with Gasteiger partial charge in [0.05, 0.1) is 12.6 Å². The topological polar surface area (TPSA) is 68.8 Å². The van der Waals surface area contributed by atoms with Gasteiger partial charge in [-0.2, -0.15) is 0 Å². The highest BCUT2D eigenvalue weighted by Crippen LogP contribution is 2.20. The van der Waals surface area contributed by atoms with E-state index in [1.807, 2.05) is 78.9 Å². The lowest BCUT2D eigenvalue weighted by atomic mass is 10.2. The van der Waals surface area contributed by atoms with Gasteiger partial charge in [0.25, 0.3) is 0 Å². The minimum Gasteiger partial charge on any atom is -0.491 e. The molecule has 1 amide bonds. The normalized spacial score (nSPS) is 15.2. The molecule has 1 saturated heterocycles. The fourth-order valence-electron chi connectivity index (χ4n) is 3.42. The van der Waals surface area contributed by atoms with Crippen LogP contribution in [0.1, 0.15) is 18.4 Å². The van der Waals surface area contributed by atoms with Crippen molar-refractivity contribution in [1.82, 2.24) is 0 Å². The summed E-state index contributed by atoms with van der Waals surface area (Å²) in [5.41, 5.74) is 2.65. The first-order valence-corrected chi connectivity index (χ1v) is 10.9. The zero-order valence-electron chi connectivity index (χ0n) is 18.0. The van der Waals surface area contributed by atoms with Crippen molar-refractivity contribution >= 4 is 17.3 Å². The maximum absolute atomic E-state index is 12.3. The number of carbonyl (C=O) groups excluding carboxylic acids is 1. The third-order valence-electron chi connectivity index (χ3n) is 5.13. The maximum atomic E-state index is 12.3. The van der Waals surface area contributed by atoms with E-state index < -0.39 is 0 Å². The molecular formula is C26H28N2O4. The molecule has 0 spiro atoms. The molecule has 1 fully saturated rings. The number of rotatable bonds is 10. The molecule has 6 nitrogen and oxygen atoms in total. The van der Waals surface area contributed by atoms with Crippen molar-refractivity contribution in [3.05, 3.63) is 84.4 Å². The number of ether oxygens (including phenoxy) is 3. The number of hydrogen-bond acceptors (Lipinski definition) is 5. The van der Waals surface area contributed by atoms with E-state index in [-0.39, 0.29) is 18.6 Å². The van der Waals surface area contributed by atoms with Gasteiger partial charge in [-0.3, -0.25) is 4.79 Å². The first-order valence-electron chi connectivity index (χ1n) is 10.9. The van der Waals surface area contributed by atoms with Gasteiger partial charge in [0.15, 0.2) is 0 Å². The monoisotopic (exact) mass is 432 g/mol. The van der Waals surface area contributed by atoms with E-state index in [4.69, 9.17) is 14.2 Å². The predicted octanol–water partition coefficient (Wildman–Crippen LogP) is 4.87. The summed E-state index contributed by atoms with van der Waals surface area (Å²) in [6.07, 6.45) is 2.32. The van der Waals surface area contributed by atoms with E-state index in [1.165, 1.54) is 0 Å². The van der Waals surface area contributed by atoms with Crippen LogP contribution in [0, 0.1) is 0 Å². The Morgan fingerprint density at radius 1 is 0.906 bits per heavy atom. The van der Waals surface area contributed by atoms with Gasteiger partial charge in [0, 0.05) is 24.0 Å². The Morgan fingerprint density at radius 3 is 2.53 bits per heavy atom. The Labute approximate surface area is 188 Å². The van der Waals surface area contributed by atoms with Gasteiger partial charge in [-0.25, -0.2) is 0 Å². The van der Waals surface area contributed by atoms with Crippen LogP contribution in [0.4, 0.5) is 11.4 Å². The first kappa shape index (κ1) is 21.7. The second kappa shape index (κ2) is 11.2. The summed E-state index contributed by atoms with van der Waals surface area (Å²) in [7, 11) is 0. The highest BCUT2D eigenvalue weighted by molar-refractivity contribution is 5.93. The van der Waals surface area contributed by atoms with Crippen molar-refractivity contribution < 1.29 is 19.0 Å². The largest absolute Gasteiger partial charge is 0.491 e. The van der Waals surface area contributed by atoms with Gasteiger partial charge >= 0.3 is 0 Å². The summed E-state index contributed by atoms with van der Waals surface area (Å²) in [5.74, 6) is 1.38. The van der Waals surface area contributed by atoms with Gasteiger partial charge in [0.2, 0.25) is 5.91 Å². The van der Waals surface area contributed by atoms with E-state index >= 15 is 0 Å². The Balaban J connectivity index is 1.20. The Kier molecular flexibility index (Phi) is 7.60. The molecule has 0 radical (unpaired) electrons. The molecule has 1 heterocycles. The zero-order valence-corrected chi connectivity index (χ0v) is 18.0. The number of benzene rings is 3. The van der Waals surface area contributed by atoms with Gasteiger partial charge in [0.1, 0.15) is 24.7 Å². The molecule has 1 atom stereocenters. The average molecular weight is 433 g/mol. The van der Waals surface area contributed by atoms with E-state index in [1.54, 1.807) is 0 Å². The maximum Gasteiger partial charge on any atom is 0.243 e. The van der Waals surface area contributed by atoms with E-state index in [2.05, 4.69) is 10.6 Å². The molecule has 1 aliphatic heterocycles. The Hall–Kier alpha value is -3.51. The van der Waals surface area contributed by atoms with Gasteiger partial charge in [-0.05, 0) is 54.8 Å². The fraction of sp³-hybridized carbons (Fsp3) is 0.269. The molecule has 0 bridgehead atoms. The average Bonchev–Trinajstić information content (AvgIpc) is 3.36. The van der Waals surface area contributed by atoms with Crippen LogP contribution in [-0.2, 0) is 16.1 Å². The second-order valence-corrected chi connectivity index (χ2v) is 7.67. The lowest BCUT2D eigenvalue weighted by Gasteiger charge is -2.12. The molecule has 3 aromatic carbocycles. The second-order valence-electron chi connectivity index (χ2n) is 7.67. The van der Waals surface area contributed by atoms with Crippen LogP contribution < -0.4 is 20.1 Å². The SMILES string of the molecule is O=C(CNc1cccc(OCc2ccccc2)c1)Nc1ccc(OCC2CCCO2)cc1. The van der Waals surface area contributed by atoms with Crippen LogP contribution in [0.25, 0.3) is 0 Å². The number of nitrogens with one attached hydrogen (secondary N) is 2. The molecule has 1 aliphatic rings. The molecule has 0 aliphatic carbocycles. The molecule has 2 N–H and O–H groups in total. The first-order chi connectivity index (χ1) is 15.7. The predicted molar refractivity (Wildman–Crippen MR) is 125 cm³/mol. The molecule has 32 heavy (non-hydrogen) atoms. The lowest BCUT2D eigenvalue weighted by Crippen LogP contribution is -2.21. The quantitative estimate of drug-likeness (QED) is 0.478. The van der Waals surface area contributed by atoms with Crippen molar-refractivity contribution in [2.24, 2.45) is 0 Å². The highest BCUT2D eigenvalue weighted by Gasteiger charge is 2.15. The Bertz CT molecular complexity index is 986. The van der Waals surface area contributed by atoms with Crippen LogP contribution in [-0.4, -0.2) is 31.8 Å². The lowest BCUT2D eigenvalue weighted by molar-refractivity contribution is -0.114. The number of amides is 1. The van der Waals surface area contributed by atoms with Gasteiger partial charge in [-0.1, -0.05) is 36.4 Å². The summed E-state index contributed by atoms with van der Waals surface area (Å²) >= 11 is 0. The van der Waals surface area contributed by atoms with Crippen LogP contribution in [0.2, 0.25) is 0 Å². The molecule has 166 valence electrons. The molecular weight excluding hydrogens is 404 g/mol. The molecule has 0 saturated carbocycles. The number of anilines is 2. The Morgan fingerprint density at radius 2 is 1.75 bits per heavy atom. The minimum atomic E-state index is -0.131. The number of hydrogen-bond donors (Lipinski definition) is 2. The van der Waals surface area contributed by atoms with Crippen molar-refractivity contribution in [2.45, 2.75) is 25.6 Å². The summed E-state index contributed by atoms with van der Waals surface area (Å²) < 4.78 is 17.1. The summed E-state index contributed by atoms with van der Waals surface area (Å²) in [4.78, 5) is 12.3. The minimum absolute atomic E-state index is 0.131. The van der Waals surface area contributed by atoms with Gasteiger partial charge < -0.3 is 24.8 Å². The standard InChI is InChI=1S/C26H28N2O4/c29-26(28-21-11-13-23(14-12-21)32-19-25-10-5-15-30-25)17-27-22-8-4-9-24(16-22)31-18-20-6-2-1-3-7-20/h1-4,6-9,11-14,16,25,27H,5,10,15,17-19H2,(H,28,29). The summed E-state index contributed by atoms with van der Waals surface area (Å²) in [6.45, 7) is 2.03. The van der Waals surface area contributed by atoms with E-state index in [9.17, 15) is 4.79 Å². The number of carbonyl (C=O) groups is 1. The van der Waals surface area contributed by atoms with Crippen LogP contribution >= 0.6 is 0 Å². The highest BCUT2D eigenvalue weighted by atomic mass is 16.5. The third-order valence-corrected chi connectivity index (χ3v) is 5.13. The van der Waals surface area contributed by atoms with Crippen molar-refractivity contribution in [1.29, 1.82) is 0 Å². The van der Waals surface area contributed by atoms with Crippen molar-refractivity contribution in [3.8, 4) is 11.5 Å². The molecule has 0 aromatic heterocycles. The van der Waals surface area contributed by atoms with Crippen molar-refractivity contribution in [2.75, 3.05) is 30.4 Å². The third kappa shape index (κ3) is 6.75. The summed E-state index contributed by atoms with van der Waals surface area (Å²) in [5, 5.41) is 6.02. The zero-order chi connectivity index (χ0) is 22.0. The van der Waals surface area contributed by atoms with Crippen LogP contribution in [0.5, 0.6) is 11.5 Å². The molecule has 3 aromatic rings. The summed E-state index contributed by atoms with van der Waals surface area (Å²) in [6, 6.07) is 25.0. The van der Waals surface area contributed by atoms with Crippen LogP contribution in [0.15, 0.2) is 78.9 Å². The molecule has 6 heteroatoms. The van der Waals surface area contributed by atoms with Crippen LogP contribution in [0.3, 0.4) is 0 Å². The van der Waals surface area contributed by atoms with Crippen molar-refractivity contribution in [3.63, 3.8) is 0 Å². The molecule has 4 rings (SSSR count). The fourth-order valence-corrected chi connectivity index (χ4v) is 3.42. The smallest absolute Gasteiger partial charge is 0.243 e. The van der Waals surface area contributed by atoms with E-state index in [0.717, 1.165) is 47.9 Å².